The van der Waals surface area contributed by atoms with Crippen LogP contribution in [0.3, 0.4) is 0 Å². The molecular formula is C14H18FN3O2. The van der Waals surface area contributed by atoms with Crippen molar-refractivity contribution in [3.05, 3.63) is 35.6 Å². The van der Waals surface area contributed by atoms with E-state index in [0.717, 1.165) is 6.54 Å². The first kappa shape index (κ1) is 14.5. The average Bonchev–Trinajstić information content (AvgIpc) is 2.88. The van der Waals surface area contributed by atoms with Crippen LogP contribution < -0.4 is 5.32 Å². The lowest BCUT2D eigenvalue weighted by Crippen LogP contribution is -2.38. The molecule has 1 aliphatic rings. The maximum atomic E-state index is 13.6. The molecule has 0 aromatic heterocycles. The minimum absolute atomic E-state index is 0.220. The highest BCUT2D eigenvalue weighted by atomic mass is 19.1. The van der Waals surface area contributed by atoms with Crippen LogP contribution in [0.1, 0.15) is 12.0 Å². The molecule has 0 bridgehead atoms. The zero-order valence-electron chi connectivity index (χ0n) is 11.6. The van der Waals surface area contributed by atoms with Crippen molar-refractivity contribution in [2.75, 3.05) is 27.2 Å². The second kappa shape index (κ2) is 6.47. The maximum Gasteiger partial charge on any atom is 0.264 e. The Morgan fingerprint density at radius 2 is 2.25 bits per heavy atom. The predicted molar refractivity (Wildman–Crippen MR) is 74.0 cm³/mol. The van der Waals surface area contributed by atoms with E-state index in [1.165, 1.54) is 6.07 Å². The molecule has 1 heterocycles. The van der Waals surface area contributed by atoms with Crippen LogP contribution in [-0.2, 0) is 9.63 Å². The van der Waals surface area contributed by atoms with Gasteiger partial charge in [-0.1, -0.05) is 23.4 Å². The number of likely N-dealkylation sites (N-methyl/N-ethyl adjacent to an activating group) is 1. The van der Waals surface area contributed by atoms with E-state index in [0.29, 0.717) is 17.8 Å². The molecule has 0 saturated heterocycles. The van der Waals surface area contributed by atoms with E-state index in [2.05, 4.69) is 10.5 Å². The number of nitrogens with one attached hydrogen (secondary N) is 1. The number of rotatable bonds is 5. The summed E-state index contributed by atoms with van der Waals surface area (Å²) in [7, 11) is 3.86. The SMILES string of the molecule is CN(C)CCNC(=O)[C@H]1CC(c2ccccc2F)=NO1. The smallest absolute Gasteiger partial charge is 0.264 e. The van der Waals surface area contributed by atoms with Gasteiger partial charge in [-0.15, -0.1) is 0 Å². The number of hydrogen-bond acceptors (Lipinski definition) is 4. The van der Waals surface area contributed by atoms with Gasteiger partial charge in [-0.2, -0.15) is 0 Å². The normalized spacial score (nSPS) is 17.8. The molecular weight excluding hydrogens is 261 g/mol. The Hall–Kier alpha value is -1.95. The van der Waals surface area contributed by atoms with Crippen molar-refractivity contribution >= 4 is 11.6 Å². The van der Waals surface area contributed by atoms with Crippen LogP contribution in [0.2, 0.25) is 0 Å². The van der Waals surface area contributed by atoms with Crippen molar-refractivity contribution in [1.29, 1.82) is 0 Å². The number of amides is 1. The summed E-state index contributed by atoms with van der Waals surface area (Å²) in [5, 5.41) is 6.59. The predicted octanol–water partition coefficient (Wildman–Crippen LogP) is 0.997. The van der Waals surface area contributed by atoms with E-state index in [1.807, 2.05) is 19.0 Å². The molecule has 20 heavy (non-hydrogen) atoms. The Morgan fingerprint density at radius 1 is 1.50 bits per heavy atom. The molecule has 0 radical (unpaired) electrons. The van der Waals surface area contributed by atoms with Crippen LogP contribution in [0.25, 0.3) is 0 Å². The third-order valence-electron chi connectivity index (χ3n) is 3.00. The summed E-state index contributed by atoms with van der Waals surface area (Å²) in [4.78, 5) is 18.9. The zero-order valence-corrected chi connectivity index (χ0v) is 11.6. The number of carbonyl (C=O) groups is 1. The largest absolute Gasteiger partial charge is 0.382 e. The fourth-order valence-corrected chi connectivity index (χ4v) is 1.89. The van der Waals surface area contributed by atoms with Gasteiger partial charge in [0.2, 0.25) is 6.10 Å². The molecule has 0 saturated carbocycles. The van der Waals surface area contributed by atoms with Gasteiger partial charge >= 0.3 is 0 Å². The molecule has 1 aliphatic heterocycles. The Kier molecular flexibility index (Phi) is 4.68. The van der Waals surface area contributed by atoms with Crippen LogP contribution in [0.4, 0.5) is 4.39 Å². The molecule has 0 spiro atoms. The van der Waals surface area contributed by atoms with Crippen molar-refractivity contribution in [3.63, 3.8) is 0 Å². The third-order valence-corrected chi connectivity index (χ3v) is 3.00. The highest BCUT2D eigenvalue weighted by molar-refractivity contribution is 6.04. The van der Waals surface area contributed by atoms with Crippen LogP contribution in [0.15, 0.2) is 29.4 Å². The van der Waals surface area contributed by atoms with E-state index in [4.69, 9.17) is 4.84 Å². The van der Waals surface area contributed by atoms with Gasteiger partial charge in [0, 0.05) is 25.1 Å². The minimum atomic E-state index is -0.674. The van der Waals surface area contributed by atoms with Crippen molar-refractivity contribution < 1.29 is 14.0 Å². The van der Waals surface area contributed by atoms with E-state index >= 15 is 0 Å². The van der Waals surface area contributed by atoms with Gasteiger partial charge in [0.25, 0.3) is 5.91 Å². The Bertz CT molecular complexity index is 517. The van der Waals surface area contributed by atoms with Crippen molar-refractivity contribution in [1.82, 2.24) is 10.2 Å². The second-order valence-corrected chi connectivity index (χ2v) is 4.91. The topological polar surface area (TPSA) is 53.9 Å². The molecule has 0 fully saturated rings. The maximum absolute atomic E-state index is 13.6. The lowest BCUT2D eigenvalue weighted by Gasteiger charge is -2.12. The van der Waals surface area contributed by atoms with Crippen molar-refractivity contribution in [3.8, 4) is 0 Å². The zero-order chi connectivity index (χ0) is 14.5. The van der Waals surface area contributed by atoms with Gasteiger partial charge in [0.05, 0.1) is 5.71 Å². The van der Waals surface area contributed by atoms with Crippen molar-refractivity contribution in [2.24, 2.45) is 5.16 Å². The Morgan fingerprint density at radius 3 is 2.95 bits per heavy atom. The lowest BCUT2D eigenvalue weighted by atomic mass is 10.0. The van der Waals surface area contributed by atoms with Gasteiger partial charge in [0.15, 0.2) is 0 Å². The van der Waals surface area contributed by atoms with Crippen molar-refractivity contribution in [2.45, 2.75) is 12.5 Å². The summed E-state index contributed by atoms with van der Waals surface area (Å²) in [5.41, 5.74) is 0.854. The van der Waals surface area contributed by atoms with Crippen LogP contribution in [-0.4, -0.2) is 49.8 Å². The summed E-state index contributed by atoms with van der Waals surface area (Å²) in [5.74, 6) is -0.578. The molecule has 1 aromatic carbocycles. The van der Waals surface area contributed by atoms with Gasteiger partial charge in [-0.3, -0.25) is 4.79 Å². The Labute approximate surface area is 117 Å². The number of nitrogens with zero attached hydrogens (tertiary/aromatic N) is 2. The summed E-state index contributed by atoms with van der Waals surface area (Å²) >= 11 is 0. The summed E-state index contributed by atoms with van der Waals surface area (Å²) in [6, 6.07) is 6.33. The summed E-state index contributed by atoms with van der Waals surface area (Å²) < 4.78 is 13.6. The van der Waals surface area contributed by atoms with Gasteiger partial charge < -0.3 is 15.1 Å². The quantitative estimate of drug-likeness (QED) is 0.874. The average molecular weight is 279 g/mol. The highest BCUT2D eigenvalue weighted by Crippen LogP contribution is 2.18. The highest BCUT2D eigenvalue weighted by Gasteiger charge is 2.29. The summed E-state index contributed by atoms with van der Waals surface area (Å²) in [6.07, 6.45) is -0.388. The number of benzene rings is 1. The van der Waals surface area contributed by atoms with Gasteiger partial charge in [-0.05, 0) is 20.2 Å². The molecule has 1 atom stereocenters. The molecule has 6 heteroatoms. The number of oxime groups is 1. The molecule has 2 rings (SSSR count). The second-order valence-electron chi connectivity index (χ2n) is 4.91. The number of carbonyl (C=O) groups excluding carboxylic acids is 1. The molecule has 108 valence electrons. The van der Waals surface area contributed by atoms with Gasteiger partial charge in [-0.25, -0.2) is 4.39 Å². The number of hydrogen-bond donors (Lipinski definition) is 1. The fraction of sp³-hybridized carbons (Fsp3) is 0.429. The standard InChI is InChI=1S/C14H18FN3O2/c1-18(2)8-7-16-14(19)13-9-12(17-20-13)10-5-3-4-6-11(10)15/h3-6,13H,7-9H2,1-2H3,(H,16,19)/t13-/m1/s1. The molecule has 0 unspecified atom stereocenters. The fourth-order valence-electron chi connectivity index (χ4n) is 1.89. The van der Waals surface area contributed by atoms with Crippen LogP contribution >= 0.6 is 0 Å². The van der Waals surface area contributed by atoms with E-state index in [-0.39, 0.29) is 18.1 Å². The number of halogens is 1. The molecule has 1 aromatic rings. The van der Waals surface area contributed by atoms with E-state index in [1.54, 1.807) is 18.2 Å². The molecule has 1 amide bonds. The van der Waals surface area contributed by atoms with Gasteiger partial charge in [0.1, 0.15) is 5.82 Å². The first-order chi connectivity index (χ1) is 9.58. The molecule has 0 aliphatic carbocycles. The molecule has 1 N–H and O–H groups in total. The first-order valence-corrected chi connectivity index (χ1v) is 6.48. The third kappa shape index (κ3) is 3.54. The summed E-state index contributed by atoms with van der Waals surface area (Å²) in [6.45, 7) is 1.29. The molecule has 5 nitrogen and oxygen atoms in total. The Balaban J connectivity index is 1.88. The van der Waals surface area contributed by atoms with E-state index in [9.17, 15) is 9.18 Å². The van der Waals surface area contributed by atoms with Crippen LogP contribution in [0, 0.1) is 5.82 Å². The van der Waals surface area contributed by atoms with Crippen LogP contribution in [0.5, 0.6) is 0 Å². The van der Waals surface area contributed by atoms with E-state index < -0.39 is 6.10 Å². The first-order valence-electron chi connectivity index (χ1n) is 6.48. The monoisotopic (exact) mass is 279 g/mol. The lowest BCUT2D eigenvalue weighted by molar-refractivity contribution is -0.131. The minimum Gasteiger partial charge on any atom is -0.382 e.